The number of sulfone groups is 1. The van der Waals surface area contributed by atoms with Crippen molar-refractivity contribution in [1.29, 1.82) is 0 Å². The third-order valence-corrected chi connectivity index (χ3v) is 4.96. The van der Waals surface area contributed by atoms with Gasteiger partial charge >= 0.3 is 0 Å². The van der Waals surface area contributed by atoms with Gasteiger partial charge in [-0.3, -0.25) is 0 Å². The van der Waals surface area contributed by atoms with Crippen molar-refractivity contribution in [3.05, 3.63) is 30.3 Å². The summed E-state index contributed by atoms with van der Waals surface area (Å²) in [4.78, 5) is 7.98. The van der Waals surface area contributed by atoms with Crippen LogP contribution in [0.5, 0.6) is 0 Å². The summed E-state index contributed by atoms with van der Waals surface area (Å²) in [7, 11) is -2.96. The quantitative estimate of drug-likeness (QED) is 0.900. The van der Waals surface area contributed by atoms with Crippen molar-refractivity contribution in [2.75, 3.05) is 16.8 Å². The van der Waals surface area contributed by atoms with Crippen molar-refractivity contribution in [2.45, 2.75) is 12.5 Å². The van der Waals surface area contributed by atoms with E-state index in [9.17, 15) is 12.8 Å². The molecule has 0 amide bonds. The summed E-state index contributed by atoms with van der Waals surface area (Å²) < 4.78 is 36.4. The third-order valence-electron chi connectivity index (χ3n) is 3.19. The van der Waals surface area contributed by atoms with Crippen LogP contribution in [0.25, 0.3) is 10.9 Å². The largest absolute Gasteiger partial charge is 0.366 e. The van der Waals surface area contributed by atoms with Crippen LogP contribution in [-0.4, -0.2) is 35.9 Å². The predicted molar refractivity (Wildman–Crippen MR) is 70.2 cm³/mol. The van der Waals surface area contributed by atoms with Crippen molar-refractivity contribution in [3.8, 4) is 0 Å². The first-order valence-electron chi connectivity index (χ1n) is 5.91. The van der Waals surface area contributed by atoms with Gasteiger partial charge in [0.15, 0.2) is 9.84 Å². The summed E-state index contributed by atoms with van der Waals surface area (Å²) >= 11 is 0. The fourth-order valence-corrected chi connectivity index (χ4v) is 3.94. The highest BCUT2D eigenvalue weighted by atomic mass is 32.2. The molecule has 0 bridgehead atoms. The van der Waals surface area contributed by atoms with Gasteiger partial charge < -0.3 is 5.32 Å². The van der Waals surface area contributed by atoms with E-state index in [2.05, 4.69) is 15.3 Å². The SMILES string of the molecule is O=S1(=O)CCC(Nc2ncnc3c(F)cccc23)C1. The Hall–Kier alpha value is -1.76. The van der Waals surface area contributed by atoms with Gasteiger partial charge in [-0.05, 0) is 18.6 Å². The Bertz CT molecular complexity index is 733. The van der Waals surface area contributed by atoms with Gasteiger partial charge in [0.25, 0.3) is 0 Å². The van der Waals surface area contributed by atoms with Crippen molar-refractivity contribution in [3.63, 3.8) is 0 Å². The van der Waals surface area contributed by atoms with Gasteiger partial charge in [0.1, 0.15) is 23.5 Å². The average molecular weight is 281 g/mol. The molecule has 0 saturated carbocycles. The number of hydrogen-bond acceptors (Lipinski definition) is 5. The van der Waals surface area contributed by atoms with Crippen LogP contribution in [0.2, 0.25) is 0 Å². The fourth-order valence-electron chi connectivity index (χ4n) is 2.27. The van der Waals surface area contributed by atoms with Crippen molar-refractivity contribution in [2.24, 2.45) is 0 Å². The highest BCUT2D eigenvalue weighted by Crippen LogP contribution is 2.24. The predicted octanol–water partition coefficient (Wildman–Crippen LogP) is 1.37. The number of benzene rings is 1. The molecular weight excluding hydrogens is 269 g/mol. The van der Waals surface area contributed by atoms with Crippen LogP contribution in [0.3, 0.4) is 0 Å². The second-order valence-electron chi connectivity index (χ2n) is 4.60. The Morgan fingerprint density at radius 1 is 1.32 bits per heavy atom. The number of hydrogen-bond donors (Lipinski definition) is 1. The van der Waals surface area contributed by atoms with E-state index < -0.39 is 15.7 Å². The number of aromatic nitrogens is 2. The first-order chi connectivity index (χ1) is 9.05. The number of halogens is 1. The standard InChI is InChI=1S/C12H12FN3O2S/c13-10-3-1-2-9-11(10)14-7-15-12(9)16-8-4-5-19(17,18)6-8/h1-3,7-8H,4-6H2,(H,14,15,16). The number of fused-ring (bicyclic) bond motifs is 1. The molecule has 0 aliphatic carbocycles. The van der Waals surface area contributed by atoms with Crippen LogP contribution in [-0.2, 0) is 9.84 Å². The zero-order valence-electron chi connectivity index (χ0n) is 10.0. The van der Waals surface area contributed by atoms with Crippen LogP contribution in [0.4, 0.5) is 10.2 Å². The Morgan fingerprint density at radius 3 is 2.89 bits per heavy atom. The molecule has 1 unspecified atom stereocenters. The summed E-state index contributed by atoms with van der Waals surface area (Å²) in [6, 6.07) is 4.45. The minimum Gasteiger partial charge on any atom is -0.366 e. The van der Waals surface area contributed by atoms with Gasteiger partial charge in [-0.2, -0.15) is 0 Å². The third kappa shape index (κ3) is 2.37. The Labute approximate surface area is 109 Å². The summed E-state index contributed by atoms with van der Waals surface area (Å²) in [5.41, 5.74) is 0.237. The zero-order chi connectivity index (χ0) is 13.5. The summed E-state index contributed by atoms with van der Waals surface area (Å²) in [6.07, 6.45) is 1.82. The van der Waals surface area contributed by atoms with E-state index in [-0.39, 0.29) is 23.1 Å². The Morgan fingerprint density at radius 2 is 2.16 bits per heavy atom. The van der Waals surface area contributed by atoms with E-state index >= 15 is 0 Å². The molecule has 1 fully saturated rings. The molecule has 19 heavy (non-hydrogen) atoms. The second-order valence-corrected chi connectivity index (χ2v) is 6.83. The highest BCUT2D eigenvalue weighted by Gasteiger charge is 2.28. The number of rotatable bonds is 2. The van der Waals surface area contributed by atoms with Crippen LogP contribution in [0.15, 0.2) is 24.5 Å². The van der Waals surface area contributed by atoms with E-state index in [4.69, 9.17) is 0 Å². The van der Waals surface area contributed by atoms with E-state index in [0.29, 0.717) is 17.6 Å². The lowest BCUT2D eigenvalue weighted by molar-refractivity contribution is 0.602. The van der Waals surface area contributed by atoms with E-state index in [1.807, 2.05) is 0 Å². The molecule has 3 rings (SSSR count). The van der Waals surface area contributed by atoms with Gasteiger partial charge in [0.2, 0.25) is 0 Å². The maximum absolute atomic E-state index is 13.6. The molecule has 1 saturated heterocycles. The van der Waals surface area contributed by atoms with Crippen molar-refractivity contribution >= 4 is 26.6 Å². The minimum atomic E-state index is -2.96. The van der Waals surface area contributed by atoms with Crippen LogP contribution in [0.1, 0.15) is 6.42 Å². The normalized spacial score (nSPS) is 21.6. The van der Waals surface area contributed by atoms with Gasteiger partial charge in [0, 0.05) is 11.4 Å². The van der Waals surface area contributed by atoms with E-state index in [0.717, 1.165) is 0 Å². The molecule has 0 radical (unpaired) electrons. The van der Waals surface area contributed by atoms with E-state index in [1.54, 1.807) is 12.1 Å². The topological polar surface area (TPSA) is 72.0 Å². The lowest BCUT2D eigenvalue weighted by atomic mass is 10.2. The van der Waals surface area contributed by atoms with Gasteiger partial charge in [-0.25, -0.2) is 22.8 Å². The molecule has 2 aromatic rings. The number of anilines is 1. The lowest BCUT2D eigenvalue weighted by Crippen LogP contribution is -2.21. The van der Waals surface area contributed by atoms with Crippen LogP contribution in [0, 0.1) is 5.82 Å². The fraction of sp³-hybridized carbons (Fsp3) is 0.333. The van der Waals surface area contributed by atoms with E-state index in [1.165, 1.54) is 12.4 Å². The average Bonchev–Trinajstić information content (AvgIpc) is 2.70. The molecule has 1 aromatic carbocycles. The molecule has 1 N–H and O–H groups in total. The van der Waals surface area contributed by atoms with Crippen LogP contribution < -0.4 is 5.32 Å². The first kappa shape index (κ1) is 12.3. The maximum atomic E-state index is 13.6. The maximum Gasteiger partial charge on any atom is 0.152 e. The molecule has 7 heteroatoms. The molecule has 1 aromatic heterocycles. The number of para-hydroxylation sites is 1. The van der Waals surface area contributed by atoms with Crippen molar-refractivity contribution in [1.82, 2.24) is 9.97 Å². The van der Waals surface area contributed by atoms with Gasteiger partial charge in [-0.15, -0.1) is 0 Å². The van der Waals surface area contributed by atoms with Gasteiger partial charge in [-0.1, -0.05) is 6.07 Å². The molecule has 1 aliphatic rings. The van der Waals surface area contributed by atoms with Crippen molar-refractivity contribution < 1.29 is 12.8 Å². The minimum absolute atomic E-state index is 0.0911. The molecular formula is C12H12FN3O2S. The molecule has 1 atom stereocenters. The lowest BCUT2D eigenvalue weighted by Gasteiger charge is -2.13. The Kier molecular flexibility index (Phi) is 2.85. The molecule has 0 spiro atoms. The summed E-state index contributed by atoms with van der Waals surface area (Å²) in [6.45, 7) is 0. The summed E-state index contributed by atoms with van der Waals surface area (Å²) in [5.74, 6) is 0.337. The molecule has 1 aliphatic heterocycles. The first-order valence-corrected chi connectivity index (χ1v) is 7.73. The number of nitrogens with one attached hydrogen (secondary N) is 1. The van der Waals surface area contributed by atoms with Crippen LogP contribution >= 0.6 is 0 Å². The second kappa shape index (κ2) is 4.41. The zero-order valence-corrected chi connectivity index (χ0v) is 10.8. The molecule has 5 nitrogen and oxygen atoms in total. The number of nitrogens with zero attached hydrogens (tertiary/aromatic N) is 2. The van der Waals surface area contributed by atoms with Gasteiger partial charge in [0.05, 0.1) is 11.5 Å². The Balaban J connectivity index is 1.96. The summed E-state index contributed by atoms with van der Waals surface area (Å²) in [5, 5.41) is 3.63. The smallest absolute Gasteiger partial charge is 0.152 e. The monoisotopic (exact) mass is 281 g/mol. The highest BCUT2D eigenvalue weighted by molar-refractivity contribution is 7.91. The molecule has 2 heterocycles. The molecule has 100 valence electrons.